The molecule has 0 aliphatic carbocycles. The van der Waals surface area contributed by atoms with Crippen LogP contribution in [0.25, 0.3) is 65.3 Å². The van der Waals surface area contributed by atoms with E-state index in [4.69, 9.17) is 0 Å². The molecule has 0 aliphatic rings. The van der Waals surface area contributed by atoms with Gasteiger partial charge in [-0.15, -0.1) is 0 Å². The molecule has 47 heavy (non-hydrogen) atoms. The molecule has 7 aromatic rings. The Morgan fingerprint density at radius 2 is 1.04 bits per heavy atom. The summed E-state index contributed by atoms with van der Waals surface area (Å²) in [5.74, 6) is -0.888. The Morgan fingerprint density at radius 1 is 0.596 bits per heavy atom. The molecule has 7 nitrogen and oxygen atoms in total. The van der Waals surface area contributed by atoms with E-state index in [-0.39, 0.29) is 55.6 Å². The Balaban J connectivity index is 1.60. The summed E-state index contributed by atoms with van der Waals surface area (Å²) >= 11 is 0. The molecule has 7 heteroatoms. The fourth-order valence-corrected chi connectivity index (χ4v) is 7.06. The van der Waals surface area contributed by atoms with E-state index in [2.05, 4.69) is 6.92 Å². The second-order valence-electron chi connectivity index (χ2n) is 12.3. The van der Waals surface area contributed by atoms with Crippen molar-refractivity contribution in [1.82, 2.24) is 4.57 Å². The monoisotopic (exact) mass is 623 g/mol. The van der Waals surface area contributed by atoms with Crippen molar-refractivity contribution in [2.24, 2.45) is 5.92 Å². The summed E-state index contributed by atoms with van der Waals surface area (Å²) in [5, 5.41) is 23.3. The molecule has 7 rings (SSSR count). The van der Waals surface area contributed by atoms with Crippen molar-refractivity contribution in [3.8, 4) is 33.8 Å². The standard InChI is InChI=1S/C40H33NO6/c1-3-5-12-22(4-2)21-41-39(46)29-19-27-28(20-30(29)40(41)47)36(43)34-33(35(27)42)37(44)31-25(23-13-8-6-9-14-23)17-18-26(32(31)38(34)45)24-15-10-7-11-16-24/h6-11,13-20,22,42-43H,3-5,12,21H2,1-2H3. The number of aromatic nitrogens is 1. The molecule has 1 atom stereocenters. The van der Waals surface area contributed by atoms with Gasteiger partial charge in [-0.1, -0.05) is 106 Å². The molecule has 0 saturated carbocycles. The maximum absolute atomic E-state index is 14.5. The van der Waals surface area contributed by atoms with Crippen LogP contribution in [0.15, 0.2) is 104 Å². The summed E-state index contributed by atoms with van der Waals surface area (Å²) in [7, 11) is 0. The first-order valence-electron chi connectivity index (χ1n) is 16.1. The van der Waals surface area contributed by atoms with Crippen LogP contribution in [0, 0.1) is 5.92 Å². The lowest BCUT2D eigenvalue weighted by atomic mass is 9.88. The van der Waals surface area contributed by atoms with E-state index in [9.17, 15) is 29.4 Å². The maximum atomic E-state index is 14.5. The lowest BCUT2D eigenvalue weighted by Gasteiger charge is -2.14. The Kier molecular flexibility index (Phi) is 7.47. The molecule has 1 aromatic heterocycles. The molecule has 6 aromatic carbocycles. The summed E-state index contributed by atoms with van der Waals surface area (Å²) in [6.07, 6.45) is 3.69. The molecule has 0 fully saturated rings. The van der Waals surface area contributed by atoms with Crippen LogP contribution in [0.3, 0.4) is 0 Å². The topological polar surface area (TPSA) is 114 Å². The maximum Gasteiger partial charge on any atom is 0.261 e. The molecule has 0 bridgehead atoms. The van der Waals surface area contributed by atoms with Gasteiger partial charge in [0.05, 0.1) is 21.5 Å². The van der Waals surface area contributed by atoms with Crippen LogP contribution in [0.4, 0.5) is 0 Å². The summed E-state index contributed by atoms with van der Waals surface area (Å²) in [6.45, 7) is 4.40. The van der Waals surface area contributed by atoms with Gasteiger partial charge in [0.25, 0.3) is 11.1 Å². The average molecular weight is 624 g/mol. The number of benzene rings is 6. The number of hydrogen-bond donors (Lipinski definition) is 2. The zero-order chi connectivity index (χ0) is 33.0. The Bertz CT molecular complexity index is 2390. The van der Waals surface area contributed by atoms with Gasteiger partial charge in [0.2, 0.25) is 0 Å². The van der Waals surface area contributed by atoms with Crippen LogP contribution in [0.2, 0.25) is 0 Å². The largest absolute Gasteiger partial charge is 0.506 e. The van der Waals surface area contributed by atoms with Gasteiger partial charge in [0, 0.05) is 28.1 Å². The Morgan fingerprint density at radius 3 is 1.45 bits per heavy atom. The predicted octanol–water partition coefficient (Wildman–Crippen LogP) is 7.38. The van der Waals surface area contributed by atoms with Crippen molar-refractivity contribution in [2.75, 3.05) is 0 Å². The van der Waals surface area contributed by atoms with Crippen molar-refractivity contribution in [3.63, 3.8) is 0 Å². The molecule has 0 radical (unpaired) electrons. The highest BCUT2D eigenvalue weighted by Crippen LogP contribution is 2.42. The summed E-state index contributed by atoms with van der Waals surface area (Å²) in [5.41, 5.74) is 0.256. The molecule has 0 amide bonds. The number of nitrogens with zero attached hydrogens (tertiary/aromatic N) is 1. The normalized spacial score (nSPS) is 12.5. The van der Waals surface area contributed by atoms with Crippen LogP contribution in [0.1, 0.15) is 39.5 Å². The van der Waals surface area contributed by atoms with Gasteiger partial charge in [-0.05, 0) is 46.7 Å². The first-order valence-corrected chi connectivity index (χ1v) is 16.1. The summed E-state index contributed by atoms with van der Waals surface area (Å²) in [6, 6.07) is 24.7. The number of fused-ring (bicyclic) bond motifs is 4. The Hall–Kier alpha value is -5.56. The van der Waals surface area contributed by atoms with E-state index in [1.54, 1.807) is 12.1 Å². The fraction of sp³-hybridized carbons (Fsp3) is 0.200. The number of aromatic hydroxyl groups is 2. The van der Waals surface area contributed by atoms with Crippen molar-refractivity contribution in [2.45, 2.75) is 46.1 Å². The molecule has 2 N–H and O–H groups in total. The fourth-order valence-electron chi connectivity index (χ4n) is 7.06. The van der Waals surface area contributed by atoms with Gasteiger partial charge in [0.1, 0.15) is 11.5 Å². The third-order valence-corrected chi connectivity index (χ3v) is 9.61. The second-order valence-corrected chi connectivity index (χ2v) is 12.3. The van der Waals surface area contributed by atoms with Crippen LogP contribution >= 0.6 is 0 Å². The van der Waals surface area contributed by atoms with Gasteiger partial charge in [-0.3, -0.25) is 23.7 Å². The van der Waals surface area contributed by atoms with Gasteiger partial charge < -0.3 is 10.2 Å². The minimum atomic E-state index is -0.618. The van der Waals surface area contributed by atoms with Crippen molar-refractivity contribution in [3.05, 3.63) is 126 Å². The number of phenols is 2. The van der Waals surface area contributed by atoms with E-state index in [0.29, 0.717) is 22.3 Å². The summed E-state index contributed by atoms with van der Waals surface area (Å²) in [4.78, 5) is 56.2. The smallest absolute Gasteiger partial charge is 0.261 e. The number of hydrogen-bond acceptors (Lipinski definition) is 6. The predicted molar refractivity (Wildman–Crippen MR) is 189 cm³/mol. The second kappa shape index (κ2) is 11.7. The van der Waals surface area contributed by atoms with E-state index in [1.807, 2.05) is 67.6 Å². The van der Waals surface area contributed by atoms with Gasteiger partial charge in [-0.25, -0.2) is 0 Å². The molecule has 1 unspecified atom stereocenters. The quantitative estimate of drug-likeness (QED) is 0.135. The summed E-state index contributed by atoms with van der Waals surface area (Å²) < 4.78 is 1.23. The van der Waals surface area contributed by atoms with E-state index in [0.717, 1.165) is 25.7 Å². The minimum Gasteiger partial charge on any atom is -0.506 e. The van der Waals surface area contributed by atoms with E-state index < -0.39 is 33.5 Å². The van der Waals surface area contributed by atoms with Crippen molar-refractivity contribution in [1.29, 1.82) is 0 Å². The SMILES string of the molecule is CCCCC(CC)Cn1c(=O)c2cc3c(O)c4c(=O)c5c(-c6ccccc6)ccc(-c6ccccc6)c5c(=O)c4c(O)c3cc2c1=O. The van der Waals surface area contributed by atoms with Gasteiger partial charge in [0.15, 0.2) is 10.9 Å². The van der Waals surface area contributed by atoms with Gasteiger partial charge in [-0.2, -0.15) is 0 Å². The molecule has 0 spiro atoms. The van der Waals surface area contributed by atoms with Crippen LogP contribution in [-0.2, 0) is 6.54 Å². The lowest BCUT2D eigenvalue weighted by molar-refractivity contribution is 0.384. The van der Waals surface area contributed by atoms with E-state index >= 15 is 0 Å². The zero-order valence-corrected chi connectivity index (χ0v) is 26.2. The molecule has 0 aliphatic heterocycles. The van der Waals surface area contributed by atoms with Crippen LogP contribution in [0.5, 0.6) is 11.5 Å². The Labute approximate surface area is 269 Å². The van der Waals surface area contributed by atoms with Gasteiger partial charge >= 0.3 is 0 Å². The molecular weight excluding hydrogens is 590 g/mol. The number of unbranched alkanes of at least 4 members (excludes halogenated alkanes) is 1. The lowest BCUT2D eigenvalue weighted by Crippen LogP contribution is -2.28. The average Bonchev–Trinajstić information content (AvgIpc) is 3.33. The van der Waals surface area contributed by atoms with Crippen molar-refractivity contribution >= 4 is 43.1 Å². The van der Waals surface area contributed by atoms with Crippen LogP contribution in [-0.4, -0.2) is 14.8 Å². The molecule has 1 heterocycles. The highest BCUT2D eigenvalue weighted by molar-refractivity contribution is 6.19. The van der Waals surface area contributed by atoms with E-state index in [1.165, 1.54) is 16.7 Å². The minimum absolute atomic E-state index is 0.0195. The number of rotatable bonds is 8. The molecule has 0 saturated heterocycles. The highest BCUT2D eigenvalue weighted by Gasteiger charge is 2.26. The van der Waals surface area contributed by atoms with Crippen LogP contribution < -0.4 is 22.0 Å². The third kappa shape index (κ3) is 4.64. The first kappa shape index (κ1) is 30.1. The molecular formula is C40H33NO6. The first-order chi connectivity index (χ1) is 22.8. The third-order valence-electron chi connectivity index (χ3n) is 9.61. The number of phenolic OH excluding ortho intramolecular Hbond substituents is 2. The van der Waals surface area contributed by atoms with Crippen molar-refractivity contribution < 1.29 is 10.2 Å². The highest BCUT2D eigenvalue weighted by atomic mass is 16.3. The molecule has 234 valence electrons. The zero-order valence-electron chi connectivity index (χ0n) is 26.2.